The molecule has 1 amide bonds. The molecule has 0 saturated carbocycles. The first-order valence-corrected chi connectivity index (χ1v) is 9.44. The summed E-state index contributed by atoms with van der Waals surface area (Å²) in [5, 5.41) is 0.703. The molecule has 3 rings (SSSR count). The van der Waals surface area contributed by atoms with E-state index in [0.717, 1.165) is 16.9 Å². The third-order valence-electron chi connectivity index (χ3n) is 4.37. The Morgan fingerprint density at radius 1 is 1.18 bits per heavy atom. The topological polar surface area (TPSA) is 55.6 Å². The molecule has 5 nitrogen and oxygen atoms in total. The van der Waals surface area contributed by atoms with Gasteiger partial charge in [0.05, 0.1) is 6.54 Å². The number of hydrogen-bond donors (Lipinski definition) is 0. The lowest BCUT2D eigenvalue weighted by atomic mass is 10.1. The molecule has 0 saturated heterocycles. The lowest BCUT2D eigenvalue weighted by Gasteiger charge is -2.25. The smallest absolute Gasteiger partial charge is 0.269 e. The van der Waals surface area contributed by atoms with Gasteiger partial charge in [0.15, 0.2) is 6.10 Å². The zero-order valence-electron chi connectivity index (χ0n) is 16.4. The monoisotopic (exact) mass is 398 g/mol. The van der Waals surface area contributed by atoms with Crippen molar-refractivity contribution >= 4 is 23.3 Å². The van der Waals surface area contributed by atoms with Gasteiger partial charge in [0.25, 0.3) is 5.91 Å². The summed E-state index contributed by atoms with van der Waals surface area (Å²) < 4.78 is 11.6. The molecule has 1 atom stereocenters. The minimum Gasteiger partial charge on any atom is -0.481 e. The Balaban J connectivity index is 1.83. The molecule has 0 unspecified atom stereocenters. The summed E-state index contributed by atoms with van der Waals surface area (Å²) in [6, 6.07) is 12.8. The molecule has 0 spiro atoms. The Morgan fingerprint density at radius 3 is 2.46 bits per heavy atom. The maximum absolute atomic E-state index is 13.2. The van der Waals surface area contributed by atoms with Crippen LogP contribution in [0.1, 0.15) is 29.6 Å². The standard InChI is InChI=1S/C22H23ClN2O3/c1-14-11-19(12-15(2)21(14)23)28-17(4)22(26)25(20-7-5-6-10-24-20)13-18-9-8-16(3)27-18/h5-12,17H,13H2,1-4H3/t17-/m0/s1. The van der Waals surface area contributed by atoms with Gasteiger partial charge >= 0.3 is 0 Å². The molecule has 0 aliphatic carbocycles. The lowest BCUT2D eigenvalue weighted by molar-refractivity contribution is -0.124. The van der Waals surface area contributed by atoms with Crippen molar-refractivity contribution in [1.29, 1.82) is 0 Å². The van der Waals surface area contributed by atoms with Gasteiger partial charge in [0, 0.05) is 11.2 Å². The molecule has 0 bridgehead atoms. The van der Waals surface area contributed by atoms with E-state index < -0.39 is 6.10 Å². The first kappa shape index (κ1) is 20.0. The summed E-state index contributed by atoms with van der Waals surface area (Å²) >= 11 is 6.22. The molecule has 2 aromatic heterocycles. The van der Waals surface area contributed by atoms with Crippen molar-refractivity contribution in [1.82, 2.24) is 4.98 Å². The molecule has 2 heterocycles. The second-order valence-corrected chi connectivity index (χ2v) is 7.13. The highest BCUT2D eigenvalue weighted by Gasteiger charge is 2.26. The maximum atomic E-state index is 13.2. The van der Waals surface area contributed by atoms with Crippen molar-refractivity contribution < 1.29 is 13.9 Å². The summed E-state index contributed by atoms with van der Waals surface area (Å²) in [4.78, 5) is 19.1. The predicted molar refractivity (Wildman–Crippen MR) is 110 cm³/mol. The molecule has 6 heteroatoms. The fourth-order valence-corrected chi connectivity index (χ4v) is 3.07. The van der Waals surface area contributed by atoms with Gasteiger partial charge in [-0.3, -0.25) is 9.69 Å². The minimum atomic E-state index is -0.710. The van der Waals surface area contributed by atoms with Crippen LogP contribution in [0, 0.1) is 20.8 Å². The molecule has 146 valence electrons. The Kier molecular flexibility index (Phi) is 6.05. The molecular weight excluding hydrogens is 376 g/mol. The number of aryl methyl sites for hydroxylation is 3. The van der Waals surface area contributed by atoms with Crippen molar-refractivity contribution in [2.45, 2.75) is 40.3 Å². The Morgan fingerprint density at radius 2 is 1.89 bits per heavy atom. The van der Waals surface area contributed by atoms with Crippen molar-refractivity contribution in [2.75, 3.05) is 4.90 Å². The molecule has 0 aliphatic heterocycles. The van der Waals surface area contributed by atoms with Gasteiger partial charge in [-0.2, -0.15) is 0 Å². The highest BCUT2D eigenvalue weighted by molar-refractivity contribution is 6.32. The van der Waals surface area contributed by atoms with Crippen LogP contribution in [0.3, 0.4) is 0 Å². The number of rotatable bonds is 6. The summed E-state index contributed by atoms with van der Waals surface area (Å²) in [5.41, 5.74) is 1.81. The summed E-state index contributed by atoms with van der Waals surface area (Å²) in [7, 11) is 0. The Labute approximate surface area is 169 Å². The zero-order chi connectivity index (χ0) is 20.3. The van der Waals surface area contributed by atoms with Gasteiger partial charge in [-0.1, -0.05) is 17.7 Å². The molecular formula is C22H23ClN2O3. The fourth-order valence-electron chi connectivity index (χ4n) is 2.96. The van der Waals surface area contributed by atoms with Crippen LogP contribution in [-0.4, -0.2) is 17.0 Å². The molecule has 0 fully saturated rings. The van der Waals surface area contributed by atoms with Gasteiger partial charge in [0.2, 0.25) is 0 Å². The Bertz CT molecular complexity index is 946. The van der Waals surface area contributed by atoms with Crippen LogP contribution in [0.25, 0.3) is 0 Å². The SMILES string of the molecule is Cc1ccc(CN(C(=O)[C@H](C)Oc2cc(C)c(Cl)c(C)c2)c2ccccn2)o1. The van der Waals surface area contributed by atoms with Crippen LogP contribution in [0.4, 0.5) is 5.82 Å². The number of ether oxygens (including phenoxy) is 1. The van der Waals surface area contributed by atoms with Crippen LogP contribution >= 0.6 is 11.6 Å². The fraction of sp³-hybridized carbons (Fsp3) is 0.273. The van der Waals surface area contributed by atoms with E-state index >= 15 is 0 Å². The number of halogens is 1. The van der Waals surface area contributed by atoms with E-state index in [2.05, 4.69) is 4.98 Å². The quantitative estimate of drug-likeness (QED) is 0.568. The highest BCUT2D eigenvalue weighted by Crippen LogP contribution is 2.27. The van der Waals surface area contributed by atoms with Crippen molar-refractivity contribution in [3.05, 3.63) is 76.3 Å². The summed E-state index contributed by atoms with van der Waals surface area (Å²) in [6.07, 6.45) is 0.943. The number of carbonyl (C=O) groups excluding carboxylic acids is 1. The van der Waals surface area contributed by atoms with Gasteiger partial charge in [-0.05, 0) is 75.2 Å². The third-order valence-corrected chi connectivity index (χ3v) is 4.97. The largest absolute Gasteiger partial charge is 0.481 e. The number of pyridine rings is 1. The highest BCUT2D eigenvalue weighted by atomic mass is 35.5. The van der Waals surface area contributed by atoms with Crippen molar-refractivity contribution in [2.24, 2.45) is 0 Å². The summed E-state index contributed by atoms with van der Waals surface area (Å²) in [6.45, 7) is 7.69. The van der Waals surface area contributed by atoms with Gasteiger partial charge in [-0.25, -0.2) is 4.98 Å². The lowest BCUT2D eigenvalue weighted by Crippen LogP contribution is -2.40. The molecule has 0 radical (unpaired) electrons. The van der Waals surface area contributed by atoms with Crippen LogP contribution < -0.4 is 9.64 Å². The maximum Gasteiger partial charge on any atom is 0.269 e. The molecule has 0 N–H and O–H groups in total. The Hall–Kier alpha value is -2.79. The number of amides is 1. The average Bonchev–Trinajstić information content (AvgIpc) is 3.09. The van der Waals surface area contributed by atoms with Crippen LogP contribution in [0.5, 0.6) is 5.75 Å². The number of nitrogens with zero attached hydrogens (tertiary/aromatic N) is 2. The predicted octanol–water partition coefficient (Wildman–Crippen LogP) is 5.25. The van der Waals surface area contributed by atoms with Gasteiger partial charge in [-0.15, -0.1) is 0 Å². The number of hydrogen-bond acceptors (Lipinski definition) is 4. The number of anilines is 1. The van der Waals surface area contributed by atoms with E-state index in [1.807, 2.05) is 57.2 Å². The van der Waals surface area contributed by atoms with Crippen molar-refractivity contribution in [3.8, 4) is 5.75 Å². The minimum absolute atomic E-state index is 0.210. The van der Waals surface area contributed by atoms with E-state index in [9.17, 15) is 4.79 Å². The van der Waals surface area contributed by atoms with Crippen LogP contribution in [0.2, 0.25) is 5.02 Å². The zero-order valence-corrected chi connectivity index (χ0v) is 17.2. The molecule has 3 aromatic rings. The molecule has 28 heavy (non-hydrogen) atoms. The first-order valence-electron chi connectivity index (χ1n) is 9.06. The first-order chi connectivity index (χ1) is 13.3. The van der Waals surface area contributed by atoms with E-state index in [0.29, 0.717) is 22.4 Å². The molecule has 1 aromatic carbocycles. The second kappa shape index (κ2) is 8.48. The van der Waals surface area contributed by atoms with Crippen LogP contribution in [-0.2, 0) is 11.3 Å². The summed E-state index contributed by atoms with van der Waals surface area (Å²) in [5.74, 6) is 2.41. The van der Waals surface area contributed by atoms with E-state index in [1.54, 1.807) is 24.1 Å². The third kappa shape index (κ3) is 4.54. The van der Waals surface area contributed by atoms with E-state index in [4.69, 9.17) is 20.8 Å². The van der Waals surface area contributed by atoms with E-state index in [1.165, 1.54) is 0 Å². The second-order valence-electron chi connectivity index (χ2n) is 6.76. The number of aromatic nitrogens is 1. The van der Waals surface area contributed by atoms with Gasteiger partial charge in [0.1, 0.15) is 23.1 Å². The normalized spacial score (nSPS) is 11.9. The van der Waals surface area contributed by atoms with Crippen molar-refractivity contribution in [3.63, 3.8) is 0 Å². The number of benzene rings is 1. The number of furan rings is 1. The van der Waals surface area contributed by atoms with E-state index in [-0.39, 0.29) is 12.5 Å². The van der Waals surface area contributed by atoms with Crippen LogP contribution in [0.15, 0.2) is 53.1 Å². The van der Waals surface area contributed by atoms with Gasteiger partial charge < -0.3 is 9.15 Å². The average molecular weight is 399 g/mol. The molecule has 0 aliphatic rings. The number of carbonyl (C=O) groups is 1.